The van der Waals surface area contributed by atoms with E-state index < -0.39 is 0 Å². The highest BCUT2D eigenvalue weighted by molar-refractivity contribution is 5.85. The first-order chi connectivity index (χ1) is 6.25. The summed E-state index contributed by atoms with van der Waals surface area (Å²) in [5.41, 5.74) is 8.57. The molecule has 1 nitrogen and oxygen atoms in total. The van der Waals surface area contributed by atoms with Gasteiger partial charge in [-0.15, -0.1) is 19.0 Å². The van der Waals surface area contributed by atoms with Crippen LogP contribution in [-0.2, 0) is 0 Å². The Kier molecular flexibility index (Phi) is 6.26. The van der Waals surface area contributed by atoms with Crippen LogP contribution in [-0.4, -0.2) is 0 Å². The van der Waals surface area contributed by atoms with Crippen molar-refractivity contribution < 1.29 is 0 Å². The number of hydrogen-bond acceptors (Lipinski definition) is 1. The minimum absolute atomic E-state index is 0. The zero-order chi connectivity index (χ0) is 9.68. The van der Waals surface area contributed by atoms with E-state index in [9.17, 15) is 0 Å². The number of allylic oxidation sites excluding steroid dienone is 1. The van der Waals surface area contributed by atoms with Crippen LogP contribution in [0.3, 0.4) is 0 Å². The number of benzene rings is 1. The van der Waals surface area contributed by atoms with Crippen molar-refractivity contribution in [2.24, 2.45) is 5.73 Å². The van der Waals surface area contributed by atoms with E-state index in [0.29, 0.717) is 0 Å². The molecule has 1 atom stereocenters. The number of nitrogens with two attached hydrogens (primary N) is 1. The van der Waals surface area contributed by atoms with Crippen molar-refractivity contribution >= 4 is 12.4 Å². The van der Waals surface area contributed by atoms with Crippen molar-refractivity contribution in [1.29, 1.82) is 0 Å². The van der Waals surface area contributed by atoms with Crippen molar-refractivity contribution in [1.82, 2.24) is 0 Å². The summed E-state index contributed by atoms with van der Waals surface area (Å²) in [7, 11) is 0. The summed E-state index contributed by atoms with van der Waals surface area (Å²) in [4.78, 5) is 0. The third-order valence-electron chi connectivity index (χ3n) is 2.27. The van der Waals surface area contributed by atoms with Crippen LogP contribution >= 0.6 is 12.4 Å². The second kappa shape index (κ2) is 6.63. The van der Waals surface area contributed by atoms with Gasteiger partial charge in [-0.05, 0) is 30.9 Å². The van der Waals surface area contributed by atoms with Crippen LogP contribution in [0, 0.1) is 6.92 Å². The van der Waals surface area contributed by atoms with Crippen molar-refractivity contribution in [3.8, 4) is 0 Å². The molecule has 0 amide bonds. The number of hydrogen-bond donors (Lipinski definition) is 1. The van der Waals surface area contributed by atoms with E-state index in [1.54, 1.807) is 0 Å². The summed E-state index contributed by atoms with van der Waals surface area (Å²) in [6.45, 7) is 5.79. The maximum absolute atomic E-state index is 6.03. The average Bonchev–Trinajstić information content (AvgIpc) is 2.15. The second-order valence-corrected chi connectivity index (χ2v) is 3.33. The van der Waals surface area contributed by atoms with Gasteiger partial charge < -0.3 is 5.73 Å². The molecule has 0 aliphatic carbocycles. The van der Waals surface area contributed by atoms with Gasteiger partial charge in [-0.25, -0.2) is 0 Å². The van der Waals surface area contributed by atoms with Crippen LogP contribution in [0.4, 0.5) is 0 Å². The summed E-state index contributed by atoms with van der Waals surface area (Å²) in [5.74, 6) is 0. The highest BCUT2D eigenvalue weighted by Crippen LogP contribution is 2.19. The summed E-state index contributed by atoms with van der Waals surface area (Å²) in [6, 6.07) is 8.43. The van der Waals surface area contributed by atoms with E-state index in [1.807, 2.05) is 18.2 Å². The van der Waals surface area contributed by atoms with Gasteiger partial charge in [0.15, 0.2) is 0 Å². The van der Waals surface area contributed by atoms with Crippen LogP contribution in [0.2, 0.25) is 0 Å². The van der Waals surface area contributed by atoms with Crippen molar-refractivity contribution in [2.75, 3.05) is 0 Å². The molecule has 14 heavy (non-hydrogen) atoms. The quantitative estimate of drug-likeness (QED) is 0.760. The first-order valence-electron chi connectivity index (χ1n) is 4.67. The maximum atomic E-state index is 6.03. The molecule has 0 fully saturated rings. The molecule has 0 unspecified atom stereocenters. The Bertz CT molecular complexity index is 283. The van der Waals surface area contributed by atoms with Gasteiger partial charge in [-0.3, -0.25) is 0 Å². The van der Waals surface area contributed by atoms with Gasteiger partial charge >= 0.3 is 0 Å². The standard InChI is InChI=1S/C12H17N.ClH/c1-3-4-9-12(13)11-8-6-5-7-10(11)2;/h3,5-8,12H,1,4,9,13H2,2H3;1H/t12-;/m0./s1. The van der Waals surface area contributed by atoms with Gasteiger partial charge in [0.1, 0.15) is 0 Å². The highest BCUT2D eigenvalue weighted by Gasteiger charge is 2.06. The van der Waals surface area contributed by atoms with Gasteiger partial charge in [-0.1, -0.05) is 30.3 Å². The Labute approximate surface area is 92.4 Å². The Morgan fingerprint density at radius 1 is 1.43 bits per heavy atom. The van der Waals surface area contributed by atoms with Gasteiger partial charge in [0, 0.05) is 6.04 Å². The molecule has 0 aromatic heterocycles. The smallest absolute Gasteiger partial charge is 0.0300 e. The summed E-state index contributed by atoms with van der Waals surface area (Å²) in [5, 5.41) is 0. The summed E-state index contributed by atoms with van der Waals surface area (Å²) >= 11 is 0. The van der Waals surface area contributed by atoms with Crippen LogP contribution in [0.15, 0.2) is 36.9 Å². The predicted molar refractivity (Wildman–Crippen MR) is 64.8 cm³/mol. The Morgan fingerprint density at radius 3 is 2.64 bits per heavy atom. The average molecular weight is 212 g/mol. The Morgan fingerprint density at radius 2 is 2.07 bits per heavy atom. The zero-order valence-electron chi connectivity index (χ0n) is 8.57. The van der Waals surface area contributed by atoms with E-state index >= 15 is 0 Å². The first-order valence-corrected chi connectivity index (χ1v) is 4.67. The van der Waals surface area contributed by atoms with Gasteiger partial charge in [0.2, 0.25) is 0 Å². The molecule has 0 bridgehead atoms. The van der Waals surface area contributed by atoms with Gasteiger partial charge in [-0.2, -0.15) is 0 Å². The largest absolute Gasteiger partial charge is 0.324 e. The molecule has 0 spiro atoms. The fraction of sp³-hybridized carbons (Fsp3) is 0.333. The molecule has 2 heteroatoms. The third-order valence-corrected chi connectivity index (χ3v) is 2.27. The topological polar surface area (TPSA) is 26.0 Å². The molecular weight excluding hydrogens is 194 g/mol. The summed E-state index contributed by atoms with van der Waals surface area (Å²) in [6.07, 6.45) is 3.88. The molecule has 0 aliphatic rings. The van der Waals surface area contributed by atoms with E-state index in [0.717, 1.165) is 12.8 Å². The predicted octanol–water partition coefficient (Wildman–Crippen LogP) is 3.38. The second-order valence-electron chi connectivity index (χ2n) is 3.33. The maximum Gasteiger partial charge on any atom is 0.0300 e. The Hall–Kier alpha value is -0.790. The van der Waals surface area contributed by atoms with Crippen LogP contribution in [0.1, 0.15) is 30.0 Å². The third kappa shape index (κ3) is 3.52. The highest BCUT2D eigenvalue weighted by atomic mass is 35.5. The van der Waals surface area contributed by atoms with Crippen LogP contribution in [0.5, 0.6) is 0 Å². The van der Waals surface area contributed by atoms with E-state index in [-0.39, 0.29) is 18.4 Å². The van der Waals surface area contributed by atoms with Crippen molar-refractivity contribution in [3.63, 3.8) is 0 Å². The fourth-order valence-electron chi connectivity index (χ4n) is 1.46. The number of halogens is 1. The molecule has 0 saturated heterocycles. The number of aryl methyl sites for hydroxylation is 1. The van der Waals surface area contributed by atoms with E-state index in [4.69, 9.17) is 5.73 Å². The summed E-state index contributed by atoms with van der Waals surface area (Å²) < 4.78 is 0. The zero-order valence-corrected chi connectivity index (χ0v) is 9.39. The Balaban J connectivity index is 0.00000169. The first kappa shape index (κ1) is 13.2. The molecule has 2 N–H and O–H groups in total. The molecule has 78 valence electrons. The van der Waals surface area contributed by atoms with Crippen LogP contribution < -0.4 is 5.73 Å². The van der Waals surface area contributed by atoms with E-state index in [1.165, 1.54) is 11.1 Å². The normalized spacial score (nSPS) is 11.6. The molecular formula is C12H18ClN. The van der Waals surface area contributed by atoms with Gasteiger partial charge in [0.25, 0.3) is 0 Å². The number of rotatable bonds is 4. The molecule has 0 saturated carbocycles. The van der Waals surface area contributed by atoms with Crippen molar-refractivity contribution in [2.45, 2.75) is 25.8 Å². The molecule has 1 aromatic rings. The lowest BCUT2D eigenvalue weighted by molar-refractivity contribution is 0.657. The SMILES string of the molecule is C=CCC[C@H](N)c1ccccc1C.Cl. The fourth-order valence-corrected chi connectivity index (χ4v) is 1.46. The van der Waals surface area contributed by atoms with Crippen LogP contribution in [0.25, 0.3) is 0 Å². The van der Waals surface area contributed by atoms with E-state index in [2.05, 4.69) is 25.6 Å². The molecule has 0 aliphatic heterocycles. The molecule has 0 radical (unpaired) electrons. The van der Waals surface area contributed by atoms with Gasteiger partial charge in [0.05, 0.1) is 0 Å². The minimum atomic E-state index is 0. The minimum Gasteiger partial charge on any atom is -0.324 e. The monoisotopic (exact) mass is 211 g/mol. The van der Waals surface area contributed by atoms with Crippen molar-refractivity contribution in [3.05, 3.63) is 48.0 Å². The molecule has 1 aromatic carbocycles. The lowest BCUT2D eigenvalue weighted by atomic mass is 9.98. The lowest BCUT2D eigenvalue weighted by Gasteiger charge is -2.13. The molecule has 0 heterocycles. The lowest BCUT2D eigenvalue weighted by Crippen LogP contribution is -2.11. The molecule has 1 rings (SSSR count).